The van der Waals surface area contributed by atoms with Gasteiger partial charge >= 0.3 is 5.63 Å². The summed E-state index contributed by atoms with van der Waals surface area (Å²) in [4.78, 5) is 31.7. The van der Waals surface area contributed by atoms with Gasteiger partial charge in [-0.3, -0.25) is 9.36 Å². The van der Waals surface area contributed by atoms with Crippen LogP contribution in [0.1, 0.15) is 28.0 Å². The van der Waals surface area contributed by atoms with Crippen molar-refractivity contribution in [3.63, 3.8) is 0 Å². The molecule has 7 heteroatoms. The number of halogens is 1. The maximum Gasteiger partial charge on any atom is 0.336 e. The Morgan fingerprint density at radius 2 is 2.11 bits per heavy atom. The van der Waals surface area contributed by atoms with Crippen LogP contribution in [0.2, 0.25) is 5.02 Å². The third-order valence-electron chi connectivity index (χ3n) is 5.14. The Morgan fingerprint density at radius 1 is 1.26 bits per heavy atom. The second kappa shape index (κ2) is 6.04. The molecule has 0 aliphatic heterocycles. The average molecular weight is 399 g/mol. The van der Waals surface area contributed by atoms with Gasteiger partial charge in [-0.1, -0.05) is 11.6 Å². The van der Waals surface area contributed by atoms with E-state index in [2.05, 4.69) is 4.98 Å². The minimum Gasteiger partial charge on any atom is -0.423 e. The average Bonchev–Trinajstić information content (AvgIpc) is 3.20. The van der Waals surface area contributed by atoms with E-state index >= 15 is 0 Å². The molecule has 3 heterocycles. The lowest BCUT2D eigenvalue weighted by molar-refractivity contribution is 0.557. The van der Waals surface area contributed by atoms with Crippen LogP contribution in [-0.2, 0) is 19.4 Å². The van der Waals surface area contributed by atoms with Crippen molar-refractivity contribution in [2.24, 2.45) is 0 Å². The zero-order chi connectivity index (χ0) is 18.7. The van der Waals surface area contributed by atoms with Crippen LogP contribution in [-0.4, -0.2) is 9.55 Å². The smallest absolute Gasteiger partial charge is 0.336 e. The van der Waals surface area contributed by atoms with Crippen LogP contribution in [0.3, 0.4) is 0 Å². The van der Waals surface area contributed by atoms with Gasteiger partial charge in [0.05, 0.1) is 18.3 Å². The Hall–Kier alpha value is -2.44. The summed E-state index contributed by atoms with van der Waals surface area (Å²) in [7, 11) is 0. The number of nitrogens with zero attached hydrogens (tertiary/aromatic N) is 2. The summed E-state index contributed by atoms with van der Waals surface area (Å²) in [5.41, 5.74) is 2.64. The Morgan fingerprint density at radius 3 is 2.96 bits per heavy atom. The molecule has 4 aromatic rings. The van der Waals surface area contributed by atoms with Gasteiger partial charge < -0.3 is 4.42 Å². The normalized spacial score (nSPS) is 13.6. The van der Waals surface area contributed by atoms with E-state index in [4.69, 9.17) is 16.0 Å². The van der Waals surface area contributed by atoms with Gasteiger partial charge in [-0.05, 0) is 55.0 Å². The lowest BCUT2D eigenvalue weighted by atomic mass is 10.1. The lowest BCUT2D eigenvalue weighted by Gasteiger charge is -2.09. The molecule has 5 rings (SSSR count). The Kier molecular flexibility index (Phi) is 3.74. The predicted molar refractivity (Wildman–Crippen MR) is 107 cm³/mol. The zero-order valence-electron chi connectivity index (χ0n) is 14.5. The standard InChI is InChI=1S/C20H15ClN2O3S/c1-10-5-15-13(7-14(10)21)11(6-17(24)26-15)8-23-9-22-19-18(20(23)25)12-3-2-4-16(12)27-19/h5-7,9H,2-4,8H2,1H3. The molecular formula is C20H15ClN2O3S. The van der Waals surface area contributed by atoms with Crippen molar-refractivity contribution in [3.8, 4) is 0 Å². The molecular weight excluding hydrogens is 384 g/mol. The second-order valence-electron chi connectivity index (χ2n) is 6.90. The number of benzene rings is 1. The van der Waals surface area contributed by atoms with Crippen LogP contribution in [0.4, 0.5) is 0 Å². The molecule has 0 fully saturated rings. The monoisotopic (exact) mass is 398 g/mol. The summed E-state index contributed by atoms with van der Waals surface area (Å²) < 4.78 is 6.87. The van der Waals surface area contributed by atoms with E-state index in [1.165, 1.54) is 10.9 Å². The molecule has 0 amide bonds. The van der Waals surface area contributed by atoms with Gasteiger partial charge in [-0.25, -0.2) is 9.78 Å². The Bertz CT molecular complexity index is 1350. The molecule has 0 N–H and O–H groups in total. The molecule has 27 heavy (non-hydrogen) atoms. The zero-order valence-corrected chi connectivity index (χ0v) is 16.1. The van der Waals surface area contributed by atoms with Crippen molar-refractivity contribution in [1.82, 2.24) is 9.55 Å². The van der Waals surface area contributed by atoms with Crippen LogP contribution in [0, 0.1) is 6.92 Å². The lowest BCUT2D eigenvalue weighted by Crippen LogP contribution is -2.22. The molecule has 0 spiro atoms. The van der Waals surface area contributed by atoms with Crippen LogP contribution < -0.4 is 11.2 Å². The third-order valence-corrected chi connectivity index (χ3v) is 6.75. The van der Waals surface area contributed by atoms with Crippen molar-refractivity contribution in [3.05, 3.63) is 71.9 Å². The predicted octanol–water partition coefficient (Wildman–Crippen LogP) is 4.06. The number of thiophene rings is 1. The summed E-state index contributed by atoms with van der Waals surface area (Å²) >= 11 is 7.88. The molecule has 0 unspecified atom stereocenters. The highest BCUT2D eigenvalue weighted by molar-refractivity contribution is 7.18. The van der Waals surface area contributed by atoms with E-state index in [0.29, 0.717) is 16.2 Å². The number of aryl methyl sites for hydroxylation is 3. The maximum atomic E-state index is 13.1. The van der Waals surface area contributed by atoms with E-state index < -0.39 is 5.63 Å². The van der Waals surface area contributed by atoms with Gasteiger partial charge in [-0.2, -0.15) is 0 Å². The maximum absolute atomic E-state index is 13.1. The van der Waals surface area contributed by atoms with E-state index in [1.54, 1.807) is 34.4 Å². The van der Waals surface area contributed by atoms with E-state index in [0.717, 1.165) is 46.0 Å². The highest BCUT2D eigenvalue weighted by Gasteiger charge is 2.21. The fourth-order valence-corrected chi connectivity index (χ4v) is 5.18. The molecule has 0 atom stereocenters. The first kappa shape index (κ1) is 16.7. The SMILES string of the molecule is Cc1cc2oc(=O)cc(Cn3cnc4sc5c(c4c3=O)CCC5)c2cc1Cl. The number of rotatable bonds is 2. The Balaban J connectivity index is 1.70. The van der Waals surface area contributed by atoms with Crippen molar-refractivity contribution in [2.45, 2.75) is 32.7 Å². The van der Waals surface area contributed by atoms with Gasteiger partial charge in [0.25, 0.3) is 5.56 Å². The summed E-state index contributed by atoms with van der Waals surface area (Å²) in [6.45, 7) is 2.10. The molecule has 136 valence electrons. The number of hydrogen-bond donors (Lipinski definition) is 0. The number of hydrogen-bond acceptors (Lipinski definition) is 5. The highest BCUT2D eigenvalue weighted by atomic mass is 35.5. The molecule has 5 nitrogen and oxygen atoms in total. The first-order chi connectivity index (χ1) is 13.0. The molecule has 0 saturated heterocycles. The first-order valence-corrected chi connectivity index (χ1v) is 9.93. The molecule has 1 aromatic carbocycles. The molecule has 3 aromatic heterocycles. The molecule has 1 aliphatic carbocycles. The molecule has 0 radical (unpaired) electrons. The topological polar surface area (TPSA) is 65.1 Å². The van der Waals surface area contributed by atoms with Crippen LogP contribution >= 0.6 is 22.9 Å². The van der Waals surface area contributed by atoms with Crippen LogP contribution in [0.15, 0.2) is 38.5 Å². The summed E-state index contributed by atoms with van der Waals surface area (Å²) in [6, 6.07) is 4.95. The highest BCUT2D eigenvalue weighted by Crippen LogP contribution is 2.34. The minimum absolute atomic E-state index is 0.0565. The number of fused-ring (bicyclic) bond motifs is 4. The third kappa shape index (κ3) is 2.63. The summed E-state index contributed by atoms with van der Waals surface area (Å²) in [5.74, 6) is 0. The van der Waals surface area contributed by atoms with Crippen molar-refractivity contribution < 1.29 is 4.42 Å². The fourth-order valence-electron chi connectivity index (χ4n) is 3.79. The molecule has 1 aliphatic rings. The Labute approximate surface area is 162 Å². The van der Waals surface area contributed by atoms with Crippen LogP contribution in [0.5, 0.6) is 0 Å². The number of aromatic nitrogens is 2. The van der Waals surface area contributed by atoms with Gasteiger partial charge in [-0.15, -0.1) is 11.3 Å². The van der Waals surface area contributed by atoms with Gasteiger partial charge in [0, 0.05) is 21.4 Å². The molecule has 0 bridgehead atoms. The summed E-state index contributed by atoms with van der Waals surface area (Å²) in [6.07, 6.45) is 4.61. The quantitative estimate of drug-likeness (QED) is 0.477. The molecule has 0 saturated carbocycles. The van der Waals surface area contributed by atoms with Crippen LogP contribution in [0.25, 0.3) is 21.2 Å². The van der Waals surface area contributed by atoms with Crippen molar-refractivity contribution in [2.75, 3.05) is 0 Å². The van der Waals surface area contributed by atoms with Crippen molar-refractivity contribution >= 4 is 44.1 Å². The van der Waals surface area contributed by atoms with Gasteiger partial charge in [0.2, 0.25) is 0 Å². The van der Waals surface area contributed by atoms with E-state index in [1.807, 2.05) is 6.92 Å². The first-order valence-electron chi connectivity index (χ1n) is 8.74. The van der Waals surface area contributed by atoms with Crippen molar-refractivity contribution in [1.29, 1.82) is 0 Å². The van der Waals surface area contributed by atoms with E-state index in [-0.39, 0.29) is 12.1 Å². The second-order valence-corrected chi connectivity index (χ2v) is 8.39. The minimum atomic E-state index is -0.447. The largest absolute Gasteiger partial charge is 0.423 e. The fraction of sp³-hybridized carbons (Fsp3) is 0.250. The van der Waals surface area contributed by atoms with Gasteiger partial charge in [0.15, 0.2) is 0 Å². The summed E-state index contributed by atoms with van der Waals surface area (Å²) in [5, 5.41) is 2.05. The van der Waals surface area contributed by atoms with E-state index in [9.17, 15) is 9.59 Å². The van der Waals surface area contributed by atoms with Gasteiger partial charge in [0.1, 0.15) is 10.4 Å².